The lowest BCUT2D eigenvalue weighted by Gasteiger charge is -2.28. The minimum Gasteiger partial charge on any atom is -0.350 e. The van der Waals surface area contributed by atoms with Crippen molar-refractivity contribution in [3.05, 3.63) is 95.6 Å². The van der Waals surface area contributed by atoms with E-state index in [0.717, 1.165) is 31.5 Å². The highest BCUT2D eigenvalue weighted by Gasteiger charge is 2.31. The Bertz CT molecular complexity index is 1270. The van der Waals surface area contributed by atoms with Crippen LogP contribution in [0.3, 0.4) is 0 Å². The highest BCUT2D eigenvalue weighted by molar-refractivity contribution is 7.92. The Morgan fingerprint density at radius 3 is 2.41 bits per heavy atom. The number of amides is 1. The number of benzene rings is 3. The molecule has 1 fully saturated rings. The van der Waals surface area contributed by atoms with Crippen LogP contribution in [0.2, 0.25) is 0 Å². The van der Waals surface area contributed by atoms with Crippen LogP contribution in [-0.4, -0.2) is 45.4 Å². The van der Waals surface area contributed by atoms with E-state index in [1.54, 1.807) is 18.2 Å². The minimum atomic E-state index is -3.75. The maximum atomic E-state index is 13.4. The predicted octanol–water partition coefficient (Wildman–Crippen LogP) is 4.00. The molecule has 5 rings (SSSR count). The van der Waals surface area contributed by atoms with E-state index in [9.17, 15) is 13.2 Å². The van der Waals surface area contributed by atoms with Crippen molar-refractivity contribution in [1.82, 2.24) is 10.2 Å². The fourth-order valence-corrected chi connectivity index (χ4v) is 6.51. The molecule has 7 heteroatoms. The van der Waals surface area contributed by atoms with Crippen molar-refractivity contribution in [2.24, 2.45) is 0 Å². The Morgan fingerprint density at radius 1 is 0.882 bits per heavy atom. The molecule has 0 bridgehead atoms. The number of nitrogens with one attached hydrogen (secondary N) is 1. The number of anilines is 1. The van der Waals surface area contributed by atoms with Crippen LogP contribution in [-0.2, 0) is 16.4 Å². The molecule has 0 aromatic heterocycles. The smallest absolute Gasteiger partial charge is 0.264 e. The zero-order valence-corrected chi connectivity index (χ0v) is 19.9. The molecule has 3 aromatic rings. The molecule has 176 valence electrons. The number of para-hydroxylation sites is 1. The van der Waals surface area contributed by atoms with Crippen LogP contribution in [0.5, 0.6) is 0 Å². The summed E-state index contributed by atoms with van der Waals surface area (Å²) < 4.78 is 28.2. The highest BCUT2D eigenvalue weighted by Crippen LogP contribution is 2.33. The zero-order valence-electron chi connectivity index (χ0n) is 19.1. The number of fused-ring (bicyclic) bond motifs is 1. The van der Waals surface area contributed by atoms with Crippen molar-refractivity contribution >= 4 is 21.6 Å². The molecule has 1 unspecified atom stereocenters. The highest BCUT2D eigenvalue weighted by atomic mass is 32.2. The number of hydrogen-bond donors (Lipinski definition) is 1. The SMILES string of the molecule is O=C(NCC(c1ccccc1)N1CCCC1)c1cccc(S(=O)(=O)N2CCc3ccccc32)c1. The molecular weight excluding hydrogens is 446 g/mol. The Balaban J connectivity index is 1.33. The lowest BCUT2D eigenvalue weighted by Crippen LogP contribution is -2.37. The van der Waals surface area contributed by atoms with Gasteiger partial charge in [0.1, 0.15) is 0 Å². The van der Waals surface area contributed by atoms with Crippen molar-refractivity contribution in [2.45, 2.75) is 30.2 Å². The monoisotopic (exact) mass is 475 g/mol. The van der Waals surface area contributed by atoms with Crippen molar-refractivity contribution in [3.63, 3.8) is 0 Å². The number of rotatable bonds is 7. The van der Waals surface area contributed by atoms with Crippen LogP contribution in [0, 0.1) is 0 Å². The van der Waals surface area contributed by atoms with Crippen LogP contribution < -0.4 is 9.62 Å². The van der Waals surface area contributed by atoms with Crippen molar-refractivity contribution < 1.29 is 13.2 Å². The van der Waals surface area contributed by atoms with Crippen molar-refractivity contribution in [2.75, 3.05) is 30.5 Å². The average molecular weight is 476 g/mol. The summed E-state index contributed by atoms with van der Waals surface area (Å²) in [7, 11) is -3.75. The summed E-state index contributed by atoms with van der Waals surface area (Å²) in [6.45, 7) is 2.91. The van der Waals surface area contributed by atoms with Gasteiger partial charge in [-0.3, -0.25) is 14.0 Å². The van der Waals surface area contributed by atoms with Gasteiger partial charge in [0.05, 0.1) is 16.6 Å². The summed E-state index contributed by atoms with van der Waals surface area (Å²) in [5.41, 5.74) is 3.26. The molecule has 2 aliphatic heterocycles. The van der Waals surface area contributed by atoms with E-state index in [4.69, 9.17) is 0 Å². The standard InChI is InChI=1S/C27H29N3O3S/c31-27(28-20-26(29-16-6-7-17-29)21-9-2-1-3-10-21)23-12-8-13-24(19-23)34(32,33)30-18-15-22-11-4-5-14-25(22)30/h1-5,8-14,19,26H,6-7,15-18,20H2,(H,28,31). The predicted molar refractivity (Wildman–Crippen MR) is 133 cm³/mol. The molecule has 2 aliphatic rings. The summed E-state index contributed by atoms with van der Waals surface area (Å²) in [5, 5.41) is 3.05. The van der Waals surface area contributed by atoms with E-state index >= 15 is 0 Å². The second-order valence-electron chi connectivity index (χ2n) is 8.86. The number of sulfonamides is 1. The van der Waals surface area contributed by atoms with Gasteiger partial charge in [0, 0.05) is 18.7 Å². The number of carbonyl (C=O) groups is 1. The van der Waals surface area contributed by atoms with E-state index in [-0.39, 0.29) is 16.8 Å². The normalized spacial score (nSPS) is 16.9. The lowest BCUT2D eigenvalue weighted by molar-refractivity contribution is 0.0937. The molecule has 1 N–H and O–H groups in total. The van der Waals surface area contributed by atoms with Crippen LogP contribution in [0.25, 0.3) is 0 Å². The topological polar surface area (TPSA) is 69.7 Å². The molecule has 6 nitrogen and oxygen atoms in total. The maximum Gasteiger partial charge on any atom is 0.264 e. The van der Waals surface area contributed by atoms with Crippen molar-refractivity contribution in [1.29, 1.82) is 0 Å². The van der Waals surface area contributed by atoms with E-state index in [2.05, 4.69) is 22.3 Å². The van der Waals surface area contributed by atoms with Gasteiger partial charge in [0.15, 0.2) is 0 Å². The second kappa shape index (κ2) is 9.60. The minimum absolute atomic E-state index is 0.0978. The van der Waals surface area contributed by atoms with E-state index in [1.807, 2.05) is 42.5 Å². The maximum absolute atomic E-state index is 13.4. The summed E-state index contributed by atoms with van der Waals surface area (Å²) in [4.78, 5) is 15.6. The fourth-order valence-electron chi connectivity index (χ4n) is 4.96. The first-order chi connectivity index (χ1) is 16.5. The van der Waals surface area contributed by atoms with E-state index < -0.39 is 10.0 Å². The van der Waals surface area contributed by atoms with Crippen LogP contribution in [0.4, 0.5) is 5.69 Å². The number of carbonyl (C=O) groups excluding carboxylic acids is 1. The first-order valence-corrected chi connectivity index (χ1v) is 13.3. The van der Waals surface area contributed by atoms with Gasteiger partial charge >= 0.3 is 0 Å². The molecule has 0 radical (unpaired) electrons. The Morgan fingerprint density at radius 2 is 1.62 bits per heavy atom. The van der Waals surface area contributed by atoms with Gasteiger partial charge in [-0.25, -0.2) is 8.42 Å². The summed E-state index contributed by atoms with van der Waals surface area (Å²) in [6, 6.07) is 24.2. The second-order valence-corrected chi connectivity index (χ2v) is 10.7. The molecular formula is C27H29N3O3S. The molecule has 0 saturated carbocycles. The van der Waals surface area contributed by atoms with Gasteiger partial charge in [-0.15, -0.1) is 0 Å². The number of hydrogen-bond acceptors (Lipinski definition) is 4. The lowest BCUT2D eigenvalue weighted by atomic mass is 10.1. The summed E-state index contributed by atoms with van der Waals surface area (Å²) >= 11 is 0. The van der Waals surface area contributed by atoms with Crippen LogP contribution >= 0.6 is 0 Å². The molecule has 34 heavy (non-hydrogen) atoms. The van der Waals surface area contributed by atoms with Crippen LogP contribution in [0.1, 0.15) is 40.4 Å². The van der Waals surface area contributed by atoms with Gasteiger partial charge in [-0.05, 0) is 67.7 Å². The Labute approximate surface area is 201 Å². The van der Waals surface area contributed by atoms with E-state index in [0.29, 0.717) is 30.8 Å². The molecule has 1 amide bonds. The molecule has 0 aliphatic carbocycles. The summed E-state index contributed by atoms with van der Waals surface area (Å²) in [6.07, 6.45) is 3.01. The van der Waals surface area contributed by atoms with Gasteiger partial charge in [-0.1, -0.05) is 54.6 Å². The molecule has 1 atom stereocenters. The number of nitrogens with zero attached hydrogens (tertiary/aromatic N) is 2. The Hall–Kier alpha value is -3.16. The fraction of sp³-hybridized carbons (Fsp3) is 0.296. The molecule has 0 spiro atoms. The quantitative estimate of drug-likeness (QED) is 0.561. The Kier molecular flexibility index (Phi) is 6.39. The third-order valence-corrected chi connectivity index (χ3v) is 8.56. The van der Waals surface area contributed by atoms with Gasteiger partial charge in [0.2, 0.25) is 0 Å². The third-order valence-electron chi connectivity index (χ3n) is 6.75. The largest absolute Gasteiger partial charge is 0.350 e. The first kappa shape index (κ1) is 22.6. The number of likely N-dealkylation sites (tertiary alicyclic amines) is 1. The van der Waals surface area contributed by atoms with Crippen LogP contribution in [0.15, 0.2) is 83.8 Å². The molecule has 3 aromatic carbocycles. The molecule has 2 heterocycles. The van der Waals surface area contributed by atoms with E-state index in [1.165, 1.54) is 15.9 Å². The molecule has 1 saturated heterocycles. The van der Waals surface area contributed by atoms with Gasteiger partial charge < -0.3 is 5.32 Å². The summed E-state index contributed by atoms with van der Waals surface area (Å²) in [5.74, 6) is -0.265. The zero-order chi connectivity index (χ0) is 23.5. The van der Waals surface area contributed by atoms with Crippen molar-refractivity contribution in [3.8, 4) is 0 Å². The average Bonchev–Trinajstić information content (AvgIpc) is 3.56. The van der Waals surface area contributed by atoms with Gasteiger partial charge in [0.25, 0.3) is 15.9 Å². The van der Waals surface area contributed by atoms with Gasteiger partial charge in [-0.2, -0.15) is 0 Å². The first-order valence-electron chi connectivity index (χ1n) is 11.8. The third kappa shape index (κ3) is 4.45.